The Morgan fingerprint density at radius 1 is 0.879 bits per heavy atom. The molecule has 0 saturated carbocycles. The molecule has 12 nitrogen and oxygen atoms in total. The Bertz CT molecular complexity index is 958. The van der Waals surface area contributed by atoms with E-state index in [2.05, 4.69) is 15.0 Å². The molecular formula is C19H35N5O7P2. The quantitative estimate of drug-likeness (QED) is 0.318. The number of nitrogens with zero attached hydrogens (tertiary/aromatic N) is 4. The van der Waals surface area contributed by atoms with E-state index in [1.807, 2.05) is 4.90 Å². The average Bonchev–Trinajstić information content (AvgIpc) is 3.18. The number of rotatable bonds is 17. The minimum Gasteiger partial charge on any atom is -0.314 e. The third kappa shape index (κ3) is 8.40. The first kappa shape index (κ1) is 27.9. The molecule has 0 bridgehead atoms. The van der Waals surface area contributed by atoms with Crippen LogP contribution in [0.5, 0.6) is 0 Å². The summed E-state index contributed by atoms with van der Waals surface area (Å²) in [5, 5.41) is 0. The molecule has 2 aromatic rings. The molecule has 2 heterocycles. The van der Waals surface area contributed by atoms with Gasteiger partial charge in [-0.1, -0.05) is 0 Å². The summed E-state index contributed by atoms with van der Waals surface area (Å²) < 4.78 is 49.2. The van der Waals surface area contributed by atoms with Gasteiger partial charge in [0.15, 0.2) is 11.2 Å². The summed E-state index contributed by atoms with van der Waals surface area (Å²) in [6, 6.07) is 0. The third-order valence-corrected chi connectivity index (χ3v) is 8.85. The lowest BCUT2D eigenvalue weighted by atomic mass is 10.4. The number of aromatic amines is 1. The highest BCUT2D eigenvalue weighted by atomic mass is 31.2. The van der Waals surface area contributed by atoms with Crippen LogP contribution in [0.25, 0.3) is 11.2 Å². The second-order valence-electron chi connectivity index (χ2n) is 7.02. The molecule has 0 aliphatic heterocycles. The molecule has 188 valence electrons. The van der Waals surface area contributed by atoms with E-state index >= 15 is 0 Å². The fourth-order valence-electron chi connectivity index (χ4n) is 3.29. The van der Waals surface area contributed by atoms with Gasteiger partial charge in [0.2, 0.25) is 0 Å². The third-order valence-electron chi connectivity index (χ3n) is 4.75. The molecule has 0 aromatic carbocycles. The van der Waals surface area contributed by atoms with Crippen LogP contribution in [0.3, 0.4) is 0 Å². The van der Waals surface area contributed by atoms with Crippen molar-refractivity contribution < 1.29 is 27.2 Å². The van der Waals surface area contributed by atoms with Gasteiger partial charge in [-0.3, -0.25) is 13.9 Å². The largest absolute Gasteiger partial charge is 0.331 e. The van der Waals surface area contributed by atoms with Gasteiger partial charge in [0.25, 0.3) is 5.56 Å². The van der Waals surface area contributed by atoms with Gasteiger partial charge in [-0.25, -0.2) is 9.97 Å². The first-order valence-electron chi connectivity index (χ1n) is 11.2. The first-order chi connectivity index (χ1) is 15.8. The summed E-state index contributed by atoms with van der Waals surface area (Å²) in [4.78, 5) is 24.7. The van der Waals surface area contributed by atoms with Crippen LogP contribution in [0, 0.1) is 0 Å². The molecular weight excluding hydrogens is 472 g/mol. The SMILES string of the molecule is CCOP(=O)(CCN(CCn1cnc2c(=O)[nH]cnc21)CCP(=O)(OCC)OCC)OCC. The maximum Gasteiger partial charge on any atom is 0.331 e. The molecule has 0 unspecified atom stereocenters. The lowest BCUT2D eigenvalue weighted by Gasteiger charge is -2.26. The van der Waals surface area contributed by atoms with E-state index in [4.69, 9.17) is 18.1 Å². The summed E-state index contributed by atoms with van der Waals surface area (Å²) in [6.45, 7) is 9.92. The van der Waals surface area contributed by atoms with Crippen molar-refractivity contribution in [3.63, 3.8) is 0 Å². The molecule has 0 radical (unpaired) electrons. The zero-order valence-electron chi connectivity index (χ0n) is 19.8. The van der Waals surface area contributed by atoms with E-state index in [1.165, 1.54) is 6.33 Å². The predicted molar refractivity (Wildman–Crippen MR) is 126 cm³/mol. The number of hydrogen-bond donors (Lipinski definition) is 1. The standard InChI is InChI=1S/C19H35N5O7P2/c1-5-28-32(26,29-6-2)13-11-23(12-14-33(27,30-7-3)31-8-4)9-10-24-16-22-17-18(24)20-15-21-19(17)25/h15-16H,5-14H2,1-4H3,(H,20,21,25). The van der Waals surface area contributed by atoms with Crippen LogP contribution < -0.4 is 5.56 Å². The molecule has 0 fully saturated rings. The highest BCUT2D eigenvalue weighted by Gasteiger charge is 2.27. The Labute approximate surface area is 194 Å². The van der Waals surface area contributed by atoms with Crippen molar-refractivity contribution in [3.8, 4) is 0 Å². The molecule has 33 heavy (non-hydrogen) atoms. The van der Waals surface area contributed by atoms with Crippen LogP contribution in [-0.4, -0.2) is 82.8 Å². The summed E-state index contributed by atoms with van der Waals surface area (Å²) >= 11 is 0. The lowest BCUT2D eigenvalue weighted by Crippen LogP contribution is -2.33. The highest BCUT2D eigenvalue weighted by molar-refractivity contribution is 7.54. The average molecular weight is 507 g/mol. The first-order valence-corrected chi connectivity index (χ1v) is 14.6. The molecule has 0 aliphatic rings. The monoisotopic (exact) mass is 507 g/mol. The van der Waals surface area contributed by atoms with E-state index in [1.54, 1.807) is 38.6 Å². The van der Waals surface area contributed by atoms with Gasteiger partial charge in [0.05, 0.1) is 51.4 Å². The van der Waals surface area contributed by atoms with Crippen LogP contribution in [0.1, 0.15) is 27.7 Å². The number of H-pyrrole nitrogens is 1. The van der Waals surface area contributed by atoms with Crippen molar-refractivity contribution in [3.05, 3.63) is 23.0 Å². The smallest absolute Gasteiger partial charge is 0.314 e. The minimum absolute atomic E-state index is 0.185. The normalized spacial score (nSPS) is 12.8. The van der Waals surface area contributed by atoms with E-state index < -0.39 is 15.2 Å². The topological polar surface area (TPSA) is 138 Å². The van der Waals surface area contributed by atoms with Crippen LogP contribution in [0.4, 0.5) is 0 Å². The van der Waals surface area contributed by atoms with Crippen LogP contribution in [0.2, 0.25) is 0 Å². The lowest BCUT2D eigenvalue weighted by molar-refractivity contribution is 0.205. The maximum absolute atomic E-state index is 12.9. The number of aromatic nitrogens is 4. The van der Waals surface area contributed by atoms with Crippen molar-refractivity contribution in [2.45, 2.75) is 34.2 Å². The molecule has 2 aromatic heterocycles. The van der Waals surface area contributed by atoms with Crippen molar-refractivity contribution in [2.24, 2.45) is 0 Å². The molecule has 1 N–H and O–H groups in total. The summed E-state index contributed by atoms with van der Waals surface area (Å²) in [7, 11) is -6.49. The van der Waals surface area contributed by atoms with Gasteiger partial charge in [-0.05, 0) is 27.7 Å². The van der Waals surface area contributed by atoms with E-state index in [0.717, 1.165) is 0 Å². The van der Waals surface area contributed by atoms with Crippen molar-refractivity contribution in [1.82, 2.24) is 24.4 Å². The number of fused-ring (bicyclic) bond motifs is 1. The zero-order chi connectivity index (χ0) is 24.3. The molecule has 0 saturated heterocycles. The van der Waals surface area contributed by atoms with Crippen LogP contribution in [0.15, 0.2) is 17.4 Å². The number of imidazole rings is 1. The summed E-state index contributed by atoms with van der Waals surface area (Å²) in [6.07, 6.45) is 3.26. The Morgan fingerprint density at radius 3 is 1.88 bits per heavy atom. The zero-order valence-corrected chi connectivity index (χ0v) is 21.6. The van der Waals surface area contributed by atoms with Crippen molar-refractivity contribution in [2.75, 3.05) is 58.4 Å². The molecule has 2 rings (SSSR count). The van der Waals surface area contributed by atoms with E-state index in [-0.39, 0.29) is 49.8 Å². The number of hydrogen-bond acceptors (Lipinski definition) is 10. The number of nitrogens with one attached hydrogen (secondary N) is 1. The van der Waals surface area contributed by atoms with Crippen LogP contribution >= 0.6 is 15.2 Å². The molecule has 14 heteroatoms. The van der Waals surface area contributed by atoms with E-state index in [9.17, 15) is 13.9 Å². The molecule has 0 aliphatic carbocycles. The Morgan fingerprint density at radius 2 is 1.39 bits per heavy atom. The van der Waals surface area contributed by atoms with Crippen LogP contribution in [-0.2, 0) is 33.8 Å². The summed E-state index contributed by atoms with van der Waals surface area (Å²) in [5.74, 6) is 0. The van der Waals surface area contributed by atoms with Crippen molar-refractivity contribution in [1.29, 1.82) is 0 Å². The molecule has 0 amide bonds. The maximum atomic E-state index is 12.9. The fraction of sp³-hybridized carbons (Fsp3) is 0.737. The van der Waals surface area contributed by atoms with E-state index in [0.29, 0.717) is 31.8 Å². The van der Waals surface area contributed by atoms with Gasteiger partial charge in [-0.15, -0.1) is 0 Å². The second-order valence-corrected chi connectivity index (χ2v) is 11.4. The summed E-state index contributed by atoms with van der Waals surface area (Å²) in [5.41, 5.74) is 0.431. The van der Waals surface area contributed by atoms with Crippen molar-refractivity contribution >= 4 is 26.4 Å². The van der Waals surface area contributed by atoms with Gasteiger partial charge in [0.1, 0.15) is 0 Å². The predicted octanol–water partition coefficient (Wildman–Crippen LogP) is 2.95. The molecule has 0 atom stereocenters. The van der Waals surface area contributed by atoms with Gasteiger partial charge in [-0.2, -0.15) is 0 Å². The Kier molecular flexibility index (Phi) is 11.4. The Balaban J connectivity index is 2.14. The fourth-order valence-corrected chi connectivity index (χ4v) is 6.58. The Hall–Kier alpha value is -1.39. The molecule has 0 spiro atoms. The van der Waals surface area contributed by atoms with Gasteiger partial charge < -0.3 is 32.5 Å². The van der Waals surface area contributed by atoms with Gasteiger partial charge in [0, 0.05) is 26.2 Å². The minimum atomic E-state index is -3.24. The second kappa shape index (κ2) is 13.5. The highest BCUT2D eigenvalue weighted by Crippen LogP contribution is 2.49. The van der Waals surface area contributed by atoms with Gasteiger partial charge >= 0.3 is 15.2 Å².